The number of para-hydroxylation sites is 1. The molecule has 2 N–H and O–H groups in total. The second-order valence-corrected chi connectivity index (χ2v) is 7.47. The van der Waals surface area contributed by atoms with Gasteiger partial charge in [-0.3, -0.25) is 9.59 Å². The van der Waals surface area contributed by atoms with E-state index in [1.54, 1.807) is 18.2 Å². The van der Waals surface area contributed by atoms with Crippen molar-refractivity contribution in [2.45, 2.75) is 33.2 Å². The van der Waals surface area contributed by atoms with Crippen LogP contribution in [0.3, 0.4) is 0 Å². The van der Waals surface area contributed by atoms with Crippen LogP contribution in [0.1, 0.15) is 31.4 Å². The average Bonchev–Trinajstić information content (AvgIpc) is 2.68. The lowest BCUT2D eigenvalue weighted by Gasteiger charge is -2.19. The van der Waals surface area contributed by atoms with Gasteiger partial charge in [0.2, 0.25) is 0 Å². The summed E-state index contributed by atoms with van der Waals surface area (Å²) in [4.78, 5) is 24.8. The Labute approximate surface area is 176 Å². The molecule has 2 rings (SSSR count). The molecule has 29 heavy (non-hydrogen) atoms. The Morgan fingerprint density at radius 3 is 2.52 bits per heavy atom. The summed E-state index contributed by atoms with van der Waals surface area (Å²) >= 11 is 6.06. The number of nitrogens with zero attached hydrogens (tertiary/aromatic N) is 1. The number of ether oxygens (including phenoxy) is 1. The molecule has 6 nitrogen and oxygen atoms in total. The molecular formula is C22H26ClN3O3. The van der Waals surface area contributed by atoms with Crippen LogP contribution in [0, 0.1) is 12.8 Å². The first-order valence-electron chi connectivity index (χ1n) is 9.42. The summed E-state index contributed by atoms with van der Waals surface area (Å²) in [5.41, 5.74) is 4.09. The van der Waals surface area contributed by atoms with E-state index in [1.165, 1.54) is 6.21 Å². The van der Waals surface area contributed by atoms with Crippen LogP contribution in [0.4, 0.5) is 0 Å². The number of carbonyl (C=O) groups excluding carboxylic acids is 2. The maximum atomic E-state index is 12.5. The lowest BCUT2D eigenvalue weighted by Crippen LogP contribution is -2.47. The number of nitrogens with one attached hydrogen (secondary N) is 2. The number of aryl methyl sites for hydroxylation is 1. The van der Waals surface area contributed by atoms with E-state index < -0.39 is 11.9 Å². The van der Waals surface area contributed by atoms with Crippen LogP contribution in [-0.2, 0) is 9.59 Å². The van der Waals surface area contributed by atoms with Gasteiger partial charge in [0.1, 0.15) is 11.8 Å². The first-order chi connectivity index (χ1) is 13.9. The van der Waals surface area contributed by atoms with E-state index in [2.05, 4.69) is 15.8 Å². The summed E-state index contributed by atoms with van der Waals surface area (Å²) in [6.45, 7) is 5.68. The van der Waals surface area contributed by atoms with Gasteiger partial charge in [0.15, 0.2) is 6.61 Å². The van der Waals surface area contributed by atoms with Gasteiger partial charge in [0, 0.05) is 10.6 Å². The van der Waals surface area contributed by atoms with Crippen molar-refractivity contribution in [1.82, 2.24) is 10.7 Å². The Bertz CT molecular complexity index is 868. The fourth-order valence-electron chi connectivity index (χ4n) is 2.62. The lowest BCUT2D eigenvalue weighted by atomic mass is 10.0. The molecule has 0 bridgehead atoms. The quantitative estimate of drug-likeness (QED) is 0.484. The van der Waals surface area contributed by atoms with E-state index in [1.807, 2.05) is 51.1 Å². The molecule has 0 aliphatic rings. The molecule has 0 saturated heterocycles. The van der Waals surface area contributed by atoms with E-state index in [-0.39, 0.29) is 18.4 Å². The fraction of sp³-hybridized carbons (Fsp3) is 0.318. The molecule has 0 radical (unpaired) electrons. The van der Waals surface area contributed by atoms with E-state index in [9.17, 15) is 9.59 Å². The summed E-state index contributed by atoms with van der Waals surface area (Å²) in [7, 11) is 0. The zero-order chi connectivity index (χ0) is 21.2. The number of halogens is 1. The van der Waals surface area contributed by atoms with Gasteiger partial charge in [-0.05, 0) is 37.0 Å². The van der Waals surface area contributed by atoms with Crippen LogP contribution in [0.25, 0.3) is 0 Å². The van der Waals surface area contributed by atoms with Crippen LogP contribution >= 0.6 is 11.6 Å². The minimum absolute atomic E-state index is 0.171. The number of rotatable bonds is 9. The first kappa shape index (κ1) is 22.4. The van der Waals surface area contributed by atoms with Crippen molar-refractivity contribution in [1.29, 1.82) is 0 Å². The van der Waals surface area contributed by atoms with Gasteiger partial charge in [-0.2, -0.15) is 5.10 Å². The molecule has 0 aliphatic carbocycles. The molecule has 0 heterocycles. The SMILES string of the molecule is Cc1ccccc1OCC(=O)N[C@@H](CC(C)C)C(=O)N/N=C\c1ccccc1Cl. The van der Waals surface area contributed by atoms with Crippen molar-refractivity contribution in [3.05, 3.63) is 64.7 Å². The summed E-state index contributed by atoms with van der Waals surface area (Å²) in [5.74, 6) is 0.0723. The number of carbonyl (C=O) groups is 2. The summed E-state index contributed by atoms with van der Waals surface area (Å²) in [5, 5.41) is 7.21. The molecule has 2 aromatic rings. The molecule has 0 fully saturated rings. The molecule has 0 aromatic heterocycles. The molecular weight excluding hydrogens is 390 g/mol. The smallest absolute Gasteiger partial charge is 0.262 e. The van der Waals surface area contributed by atoms with Crippen molar-refractivity contribution >= 4 is 29.6 Å². The van der Waals surface area contributed by atoms with Crippen molar-refractivity contribution in [2.75, 3.05) is 6.61 Å². The number of amides is 2. The lowest BCUT2D eigenvalue weighted by molar-refractivity contribution is -0.130. The van der Waals surface area contributed by atoms with Crippen LogP contribution in [0.2, 0.25) is 5.02 Å². The van der Waals surface area contributed by atoms with Crippen LogP contribution in [0.15, 0.2) is 53.6 Å². The first-order valence-corrected chi connectivity index (χ1v) is 9.80. The highest BCUT2D eigenvalue weighted by atomic mass is 35.5. The molecule has 0 unspecified atom stereocenters. The topological polar surface area (TPSA) is 79.8 Å². The van der Waals surface area contributed by atoms with Gasteiger partial charge in [0.25, 0.3) is 11.8 Å². The third-order valence-corrected chi connectivity index (χ3v) is 4.44. The molecule has 7 heteroatoms. The predicted octanol–water partition coefficient (Wildman–Crippen LogP) is 3.71. The highest BCUT2D eigenvalue weighted by Crippen LogP contribution is 2.16. The second-order valence-electron chi connectivity index (χ2n) is 7.06. The standard InChI is InChI=1S/C22H26ClN3O3/c1-15(2)12-19(22(28)26-24-13-17-9-5-6-10-18(17)23)25-21(27)14-29-20-11-7-4-8-16(20)3/h4-11,13,15,19H,12,14H2,1-3H3,(H,25,27)(H,26,28)/b24-13-/t19-/m0/s1. The number of hydrazone groups is 1. The Kier molecular flexibility index (Phi) is 8.68. The Morgan fingerprint density at radius 2 is 1.83 bits per heavy atom. The van der Waals surface area contributed by atoms with Crippen LogP contribution < -0.4 is 15.5 Å². The van der Waals surface area contributed by atoms with E-state index in [0.29, 0.717) is 22.8 Å². The predicted molar refractivity (Wildman–Crippen MR) is 115 cm³/mol. The zero-order valence-electron chi connectivity index (χ0n) is 16.8. The van der Waals surface area contributed by atoms with Gasteiger partial charge in [-0.1, -0.05) is 61.8 Å². The third kappa shape index (κ3) is 7.58. The van der Waals surface area contributed by atoms with Crippen molar-refractivity contribution in [3.63, 3.8) is 0 Å². The highest BCUT2D eigenvalue weighted by Gasteiger charge is 2.22. The minimum atomic E-state index is -0.716. The zero-order valence-corrected chi connectivity index (χ0v) is 17.6. The van der Waals surface area contributed by atoms with Crippen molar-refractivity contribution in [2.24, 2.45) is 11.0 Å². The monoisotopic (exact) mass is 415 g/mol. The molecule has 154 valence electrons. The maximum absolute atomic E-state index is 12.5. The van der Waals surface area contributed by atoms with E-state index in [4.69, 9.17) is 16.3 Å². The number of hydrogen-bond donors (Lipinski definition) is 2. The fourth-order valence-corrected chi connectivity index (χ4v) is 2.81. The third-order valence-electron chi connectivity index (χ3n) is 4.09. The van der Waals surface area contributed by atoms with Gasteiger partial charge < -0.3 is 10.1 Å². The van der Waals surface area contributed by atoms with Gasteiger partial charge >= 0.3 is 0 Å². The average molecular weight is 416 g/mol. The van der Waals surface area contributed by atoms with Gasteiger partial charge in [-0.15, -0.1) is 0 Å². The molecule has 1 atom stereocenters. The van der Waals surface area contributed by atoms with Gasteiger partial charge in [0.05, 0.1) is 6.21 Å². The second kappa shape index (κ2) is 11.2. The Morgan fingerprint density at radius 1 is 1.14 bits per heavy atom. The van der Waals surface area contributed by atoms with Crippen molar-refractivity contribution < 1.29 is 14.3 Å². The van der Waals surface area contributed by atoms with Crippen LogP contribution in [0.5, 0.6) is 5.75 Å². The maximum Gasteiger partial charge on any atom is 0.262 e. The molecule has 0 saturated carbocycles. The highest BCUT2D eigenvalue weighted by molar-refractivity contribution is 6.33. The largest absolute Gasteiger partial charge is 0.484 e. The number of benzene rings is 2. The summed E-state index contributed by atoms with van der Waals surface area (Å²) in [6, 6.07) is 13.9. The van der Waals surface area contributed by atoms with Crippen LogP contribution in [-0.4, -0.2) is 30.7 Å². The van der Waals surface area contributed by atoms with E-state index >= 15 is 0 Å². The van der Waals surface area contributed by atoms with Crippen molar-refractivity contribution in [3.8, 4) is 5.75 Å². The minimum Gasteiger partial charge on any atom is -0.484 e. The Hall–Kier alpha value is -2.86. The molecule has 2 amide bonds. The molecule has 0 spiro atoms. The Balaban J connectivity index is 1.93. The molecule has 2 aromatic carbocycles. The summed E-state index contributed by atoms with van der Waals surface area (Å²) < 4.78 is 5.55. The molecule has 0 aliphatic heterocycles. The summed E-state index contributed by atoms with van der Waals surface area (Å²) in [6.07, 6.45) is 1.94. The van der Waals surface area contributed by atoms with E-state index in [0.717, 1.165) is 5.56 Å². The normalized spacial score (nSPS) is 12.0. The van der Waals surface area contributed by atoms with Gasteiger partial charge in [-0.25, -0.2) is 5.43 Å². The number of hydrogen-bond acceptors (Lipinski definition) is 4.